The molecule has 1 aliphatic heterocycles. The van der Waals surface area contributed by atoms with Crippen LogP contribution in [0.15, 0.2) is 0 Å². The predicted octanol–water partition coefficient (Wildman–Crippen LogP) is 3.77. The minimum absolute atomic E-state index is 0.329. The molecule has 4 unspecified atom stereocenters. The van der Waals surface area contributed by atoms with Crippen LogP contribution in [0.5, 0.6) is 0 Å². The van der Waals surface area contributed by atoms with E-state index in [1.54, 1.807) is 0 Å². The third kappa shape index (κ3) is 4.67. The molecule has 1 saturated carbocycles. The van der Waals surface area contributed by atoms with E-state index in [1.807, 2.05) is 0 Å². The Bertz CT molecular complexity index is 300. The highest BCUT2D eigenvalue weighted by molar-refractivity contribution is 4.90. The lowest BCUT2D eigenvalue weighted by Gasteiger charge is -2.43. The van der Waals surface area contributed by atoms with Gasteiger partial charge in [-0.05, 0) is 56.9 Å². The molecule has 0 aromatic carbocycles. The molecule has 1 saturated heterocycles. The molecule has 1 N–H and O–H groups in total. The molecular formula is C18H35NO2. The molecule has 1 heterocycles. The Morgan fingerprint density at radius 1 is 1.19 bits per heavy atom. The van der Waals surface area contributed by atoms with Crippen LogP contribution in [0.4, 0.5) is 0 Å². The summed E-state index contributed by atoms with van der Waals surface area (Å²) in [7, 11) is 2.07. The first kappa shape index (κ1) is 17.2. The van der Waals surface area contributed by atoms with E-state index in [9.17, 15) is 0 Å². The highest BCUT2D eigenvalue weighted by Crippen LogP contribution is 2.41. The van der Waals surface area contributed by atoms with Crippen molar-refractivity contribution in [2.75, 3.05) is 20.3 Å². The Morgan fingerprint density at radius 2 is 2.00 bits per heavy atom. The van der Waals surface area contributed by atoms with Gasteiger partial charge >= 0.3 is 0 Å². The molecule has 2 fully saturated rings. The Kier molecular flexibility index (Phi) is 6.51. The number of hydrogen-bond acceptors (Lipinski definition) is 3. The molecule has 124 valence electrons. The fourth-order valence-electron chi connectivity index (χ4n) is 3.81. The Hall–Kier alpha value is -0.120. The topological polar surface area (TPSA) is 30.5 Å². The van der Waals surface area contributed by atoms with E-state index in [1.165, 1.54) is 44.9 Å². The monoisotopic (exact) mass is 297 g/mol. The summed E-state index contributed by atoms with van der Waals surface area (Å²) in [6.45, 7) is 8.84. The SMILES string of the molecule is CCC(C)(C)C1CCC(NC)C(OCC2CCCCO2)C1. The zero-order chi connectivity index (χ0) is 15.3. The number of ether oxygens (including phenoxy) is 2. The summed E-state index contributed by atoms with van der Waals surface area (Å²) >= 11 is 0. The number of nitrogens with one attached hydrogen (secondary N) is 1. The third-order valence-corrected chi connectivity index (χ3v) is 5.95. The average Bonchev–Trinajstić information content (AvgIpc) is 2.53. The maximum Gasteiger partial charge on any atom is 0.0808 e. The molecule has 0 bridgehead atoms. The summed E-state index contributed by atoms with van der Waals surface area (Å²) in [6.07, 6.45) is 9.36. The Morgan fingerprint density at radius 3 is 2.62 bits per heavy atom. The lowest BCUT2D eigenvalue weighted by Crippen LogP contribution is -2.47. The normalized spacial score (nSPS) is 34.9. The van der Waals surface area contributed by atoms with Crippen LogP contribution in [0.25, 0.3) is 0 Å². The van der Waals surface area contributed by atoms with Gasteiger partial charge in [-0.15, -0.1) is 0 Å². The first-order valence-electron chi connectivity index (χ1n) is 8.97. The molecule has 0 spiro atoms. The molecule has 4 atom stereocenters. The second-order valence-electron chi connectivity index (χ2n) is 7.61. The van der Waals surface area contributed by atoms with Gasteiger partial charge in [0.25, 0.3) is 0 Å². The first-order chi connectivity index (χ1) is 10.1. The minimum atomic E-state index is 0.329. The Labute approximate surface area is 131 Å². The second kappa shape index (κ2) is 7.94. The molecule has 3 nitrogen and oxygen atoms in total. The van der Waals surface area contributed by atoms with Gasteiger partial charge in [-0.2, -0.15) is 0 Å². The predicted molar refractivity (Wildman–Crippen MR) is 87.6 cm³/mol. The van der Waals surface area contributed by atoms with E-state index in [2.05, 4.69) is 33.1 Å². The van der Waals surface area contributed by atoms with E-state index >= 15 is 0 Å². The summed E-state index contributed by atoms with van der Waals surface area (Å²) in [5, 5.41) is 3.47. The van der Waals surface area contributed by atoms with Gasteiger partial charge in [-0.3, -0.25) is 0 Å². The van der Waals surface area contributed by atoms with Crippen LogP contribution in [-0.4, -0.2) is 38.5 Å². The number of hydrogen-bond donors (Lipinski definition) is 1. The number of likely N-dealkylation sites (N-methyl/N-ethyl adjacent to an activating group) is 1. The van der Waals surface area contributed by atoms with Crippen molar-refractivity contribution in [2.24, 2.45) is 11.3 Å². The van der Waals surface area contributed by atoms with Crippen molar-refractivity contribution in [3.63, 3.8) is 0 Å². The fourth-order valence-corrected chi connectivity index (χ4v) is 3.81. The molecule has 0 radical (unpaired) electrons. The van der Waals surface area contributed by atoms with Crippen LogP contribution >= 0.6 is 0 Å². The van der Waals surface area contributed by atoms with Crippen molar-refractivity contribution >= 4 is 0 Å². The molecule has 21 heavy (non-hydrogen) atoms. The quantitative estimate of drug-likeness (QED) is 0.809. The van der Waals surface area contributed by atoms with Crippen LogP contribution in [0.3, 0.4) is 0 Å². The lowest BCUT2D eigenvalue weighted by atomic mass is 9.68. The van der Waals surface area contributed by atoms with Gasteiger partial charge in [0, 0.05) is 12.6 Å². The van der Waals surface area contributed by atoms with E-state index in [-0.39, 0.29) is 0 Å². The van der Waals surface area contributed by atoms with E-state index in [0.29, 0.717) is 23.7 Å². The van der Waals surface area contributed by atoms with E-state index < -0.39 is 0 Å². The Balaban J connectivity index is 1.87. The molecular weight excluding hydrogens is 262 g/mol. The van der Waals surface area contributed by atoms with Crippen molar-refractivity contribution in [1.29, 1.82) is 0 Å². The average molecular weight is 297 g/mol. The van der Waals surface area contributed by atoms with Gasteiger partial charge in [-0.25, -0.2) is 0 Å². The first-order valence-corrected chi connectivity index (χ1v) is 8.97. The van der Waals surface area contributed by atoms with E-state index in [0.717, 1.165) is 19.1 Å². The summed E-state index contributed by atoms with van der Waals surface area (Å²) in [5.41, 5.74) is 0.432. The summed E-state index contributed by atoms with van der Waals surface area (Å²) in [6, 6.07) is 0.512. The fraction of sp³-hybridized carbons (Fsp3) is 1.00. The zero-order valence-corrected chi connectivity index (χ0v) is 14.5. The maximum atomic E-state index is 6.31. The molecule has 0 amide bonds. The van der Waals surface area contributed by atoms with Crippen molar-refractivity contribution in [3.05, 3.63) is 0 Å². The van der Waals surface area contributed by atoms with Crippen LogP contribution < -0.4 is 5.32 Å². The second-order valence-corrected chi connectivity index (χ2v) is 7.61. The van der Waals surface area contributed by atoms with Gasteiger partial charge < -0.3 is 14.8 Å². The van der Waals surface area contributed by atoms with Crippen LogP contribution in [-0.2, 0) is 9.47 Å². The van der Waals surface area contributed by atoms with Crippen LogP contribution in [0.1, 0.15) is 65.7 Å². The minimum Gasteiger partial charge on any atom is -0.376 e. The molecule has 3 heteroatoms. The zero-order valence-electron chi connectivity index (χ0n) is 14.5. The summed E-state index contributed by atoms with van der Waals surface area (Å²) in [4.78, 5) is 0. The lowest BCUT2D eigenvalue weighted by molar-refractivity contribution is -0.0893. The number of rotatable bonds is 6. The van der Waals surface area contributed by atoms with Gasteiger partial charge in [0.15, 0.2) is 0 Å². The van der Waals surface area contributed by atoms with Crippen molar-refractivity contribution in [3.8, 4) is 0 Å². The highest BCUT2D eigenvalue weighted by Gasteiger charge is 2.37. The van der Waals surface area contributed by atoms with Gasteiger partial charge in [-0.1, -0.05) is 27.2 Å². The molecule has 1 aliphatic carbocycles. The molecule has 0 aromatic heterocycles. The summed E-state index contributed by atoms with van der Waals surface area (Å²) < 4.78 is 12.1. The van der Waals surface area contributed by atoms with Crippen LogP contribution in [0, 0.1) is 11.3 Å². The molecule has 2 aliphatic rings. The van der Waals surface area contributed by atoms with E-state index in [4.69, 9.17) is 9.47 Å². The van der Waals surface area contributed by atoms with Gasteiger partial charge in [0.05, 0.1) is 18.8 Å². The molecule has 0 aromatic rings. The third-order valence-electron chi connectivity index (χ3n) is 5.95. The maximum absolute atomic E-state index is 6.31. The largest absolute Gasteiger partial charge is 0.376 e. The van der Waals surface area contributed by atoms with Crippen molar-refractivity contribution < 1.29 is 9.47 Å². The summed E-state index contributed by atoms with van der Waals surface area (Å²) in [5.74, 6) is 0.782. The van der Waals surface area contributed by atoms with Gasteiger partial charge in [0.1, 0.15) is 0 Å². The van der Waals surface area contributed by atoms with Gasteiger partial charge in [0.2, 0.25) is 0 Å². The highest BCUT2D eigenvalue weighted by atomic mass is 16.5. The van der Waals surface area contributed by atoms with Crippen LogP contribution in [0.2, 0.25) is 0 Å². The smallest absolute Gasteiger partial charge is 0.0808 e. The van der Waals surface area contributed by atoms with Crippen molar-refractivity contribution in [2.45, 2.75) is 84.0 Å². The molecule has 2 rings (SSSR count). The van der Waals surface area contributed by atoms with Crippen molar-refractivity contribution in [1.82, 2.24) is 5.32 Å². The standard InChI is InChI=1S/C18H35NO2/c1-5-18(2,3)14-9-10-16(19-4)17(12-14)21-13-15-8-6-7-11-20-15/h14-17,19H,5-13H2,1-4H3.